The van der Waals surface area contributed by atoms with Gasteiger partial charge in [-0.3, -0.25) is 9.59 Å². The van der Waals surface area contributed by atoms with Crippen LogP contribution in [0.3, 0.4) is 0 Å². The maximum Gasteiger partial charge on any atom is 0.255 e. The molecule has 1 aliphatic heterocycles. The summed E-state index contributed by atoms with van der Waals surface area (Å²) >= 11 is 11.3. The second-order valence-corrected chi connectivity index (χ2v) is 12.3. The minimum Gasteiger partial charge on any atom is -0.598 e. The number of aromatic amines is 1. The standard InChI is InChI=1S/C25H31Cl2N3O4S/c1-5-12-34-21-14-20(27)19(26)13-18(21)23(29-35(33)25(2,3)4)16-8-10-30(11-9-16)24(32)17-6-7-22(31)28-15-17/h5-7,13-16,23,29H,1,8-12H2,2-4H3,(H,28,31). The zero-order valence-electron chi connectivity index (χ0n) is 20.1. The average molecular weight is 541 g/mol. The number of aromatic nitrogens is 1. The molecule has 1 fully saturated rings. The van der Waals surface area contributed by atoms with E-state index in [1.165, 1.54) is 18.3 Å². The molecule has 0 bridgehead atoms. The first-order valence-corrected chi connectivity index (χ1v) is 13.3. The monoisotopic (exact) mass is 539 g/mol. The molecule has 0 radical (unpaired) electrons. The van der Waals surface area contributed by atoms with Crippen molar-refractivity contribution in [2.45, 2.75) is 44.4 Å². The van der Waals surface area contributed by atoms with Crippen LogP contribution in [0.4, 0.5) is 0 Å². The van der Waals surface area contributed by atoms with Gasteiger partial charge in [0, 0.05) is 48.3 Å². The number of carbonyl (C=O) groups is 1. The van der Waals surface area contributed by atoms with Crippen LogP contribution in [-0.4, -0.2) is 44.8 Å². The number of hydrogen-bond acceptors (Lipinski definition) is 5. The van der Waals surface area contributed by atoms with Gasteiger partial charge in [-0.1, -0.05) is 35.9 Å². The van der Waals surface area contributed by atoms with Crippen LogP contribution in [0.2, 0.25) is 10.0 Å². The second kappa shape index (κ2) is 11.8. The molecule has 190 valence electrons. The fourth-order valence-corrected chi connectivity index (χ4v) is 5.16. The number of rotatable bonds is 8. The van der Waals surface area contributed by atoms with Gasteiger partial charge < -0.3 is 19.2 Å². The van der Waals surface area contributed by atoms with Crippen molar-refractivity contribution >= 4 is 40.5 Å². The number of H-pyrrole nitrogens is 1. The van der Waals surface area contributed by atoms with Crippen molar-refractivity contribution in [1.29, 1.82) is 0 Å². The molecule has 1 aliphatic rings. The summed E-state index contributed by atoms with van der Waals surface area (Å²) in [4.78, 5) is 28.5. The first-order chi connectivity index (χ1) is 16.5. The quantitative estimate of drug-likeness (QED) is 0.367. The number of carbonyl (C=O) groups excluding carboxylic acids is 1. The third-order valence-corrected chi connectivity index (χ3v) is 8.17. The van der Waals surface area contributed by atoms with E-state index in [4.69, 9.17) is 27.9 Å². The molecule has 0 saturated carbocycles. The number of nitrogens with zero attached hydrogens (tertiary/aromatic N) is 1. The van der Waals surface area contributed by atoms with Gasteiger partial charge in [0.1, 0.15) is 17.1 Å². The number of nitrogens with one attached hydrogen (secondary N) is 2. The number of pyridine rings is 1. The molecule has 1 amide bonds. The predicted molar refractivity (Wildman–Crippen MR) is 142 cm³/mol. The van der Waals surface area contributed by atoms with Crippen LogP contribution in [0.5, 0.6) is 5.75 Å². The number of benzene rings is 1. The molecule has 1 aromatic carbocycles. The predicted octanol–water partition coefficient (Wildman–Crippen LogP) is 4.89. The maximum atomic E-state index is 13.1. The van der Waals surface area contributed by atoms with Crippen LogP contribution in [0.15, 0.2) is 47.9 Å². The highest BCUT2D eigenvalue weighted by molar-refractivity contribution is 7.90. The van der Waals surface area contributed by atoms with E-state index in [-0.39, 0.29) is 30.0 Å². The summed E-state index contributed by atoms with van der Waals surface area (Å²) in [7, 11) is 0. The molecule has 0 aliphatic carbocycles. The summed E-state index contributed by atoms with van der Waals surface area (Å²) in [5.41, 5.74) is 0.956. The first kappa shape index (κ1) is 27.6. The molecule has 35 heavy (non-hydrogen) atoms. The highest BCUT2D eigenvalue weighted by Gasteiger charge is 2.37. The summed E-state index contributed by atoms with van der Waals surface area (Å²) < 4.78 is 21.9. The van der Waals surface area contributed by atoms with E-state index in [9.17, 15) is 14.1 Å². The van der Waals surface area contributed by atoms with Crippen molar-refractivity contribution in [2.75, 3.05) is 19.7 Å². The van der Waals surface area contributed by atoms with E-state index in [0.29, 0.717) is 47.3 Å². The lowest BCUT2D eigenvalue weighted by atomic mass is 9.85. The fourth-order valence-electron chi connectivity index (χ4n) is 3.93. The van der Waals surface area contributed by atoms with Crippen LogP contribution >= 0.6 is 23.2 Å². The topological polar surface area (TPSA) is 97.5 Å². The van der Waals surface area contributed by atoms with Crippen LogP contribution in [-0.2, 0) is 11.4 Å². The Morgan fingerprint density at radius 3 is 2.54 bits per heavy atom. The second-order valence-electron chi connectivity index (χ2n) is 9.45. The van der Waals surface area contributed by atoms with Crippen molar-refractivity contribution in [3.8, 4) is 5.75 Å². The number of hydrogen-bond donors (Lipinski definition) is 2. The van der Waals surface area contributed by atoms with E-state index >= 15 is 0 Å². The normalized spacial score (nSPS) is 16.6. The van der Waals surface area contributed by atoms with Gasteiger partial charge in [-0.25, -0.2) is 0 Å². The van der Waals surface area contributed by atoms with Crippen molar-refractivity contribution in [3.63, 3.8) is 0 Å². The SMILES string of the molecule is C=CCOc1cc(Cl)c(Cl)cc1C(N[S+]([O-])C(C)(C)C)C1CCN(C(=O)c2ccc(=O)[nH]c2)CC1. The number of halogens is 2. The summed E-state index contributed by atoms with van der Waals surface area (Å²) in [6.07, 6.45) is 4.43. The van der Waals surface area contributed by atoms with Gasteiger partial charge in [-0.15, -0.1) is 4.72 Å². The Hall–Kier alpha value is -1.97. The molecule has 10 heteroatoms. The van der Waals surface area contributed by atoms with Crippen molar-refractivity contribution in [3.05, 3.63) is 74.6 Å². The Bertz CT molecular complexity index is 1090. The smallest absolute Gasteiger partial charge is 0.255 e. The molecular weight excluding hydrogens is 509 g/mol. The average Bonchev–Trinajstić information content (AvgIpc) is 2.82. The molecule has 0 spiro atoms. The summed E-state index contributed by atoms with van der Waals surface area (Å²) in [6.45, 7) is 10.8. The summed E-state index contributed by atoms with van der Waals surface area (Å²) in [6, 6.07) is 5.97. The van der Waals surface area contributed by atoms with Crippen LogP contribution < -0.4 is 15.0 Å². The lowest BCUT2D eigenvalue weighted by Gasteiger charge is -2.38. The Morgan fingerprint density at radius 2 is 1.97 bits per heavy atom. The van der Waals surface area contributed by atoms with E-state index in [1.807, 2.05) is 20.8 Å². The fraction of sp³-hybridized carbons (Fsp3) is 0.440. The minimum atomic E-state index is -1.36. The van der Waals surface area contributed by atoms with Gasteiger partial charge in [-0.05, 0) is 51.7 Å². The molecule has 3 rings (SSSR count). The van der Waals surface area contributed by atoms with Crippen LogP contribution in [0, 0.1) is 5.92 Å². The highest BCUT2D eigenvalue weighted by Crippen LogP contribution is 2.41. The van der Waals surface area contributed by atoms with E-state index in [1.54, 1.807) is 23.1 Å². The van der Waals surface area contributed by atoms with Gasteiger partial charge in [0.05, 0.1) is 21.7 Å². The summed E-state index contributed by atoms with van der Waals surface area (Å²) in [5.74, 6) is 0.478. The maximum absolute atomic E-state index is 13.1. The number of piperidine rings is 1. The van der Waals surface area contributed by atoms with E-state index < -0.39 is 16.1 Å². The third kappa shape index (κ3) is 7.05. The van der Waals surface area contributed by atoms with Gasteiger partial charge in [0.2, 0.25) is 5.56 Å². The Morgan fingerprint density at radius 1 is 1.31 bits per heavy atom. The zero-order chi connectivity index (χ0) is 25.8. The minimum absolute atomic E-state index is 0.0595. The Labute approximate surface area is 219 Å². The van der Waals surface area contributed by atoms with Gasteiger partial charge in [0.25, 0.3) is 5.91 Å². The van der Waals surface area contributed by atoms with E-state index in [0.717, 1.165) is 5.56 Å². The number of likely N-dealkylation sites (tertiary alicyclic amines) is 1. The van der Waals surface area contributed by atoms with Gasteiger partial charge >= 0.3 is 0 Å². The van der Waals surface area contributed by atoms with Gasteiger partial charge in [0.15, 0.2) is 0 Å². The molecule has 2 atom stereocenters. The number of amides is 1. The first-order valence-electron chi connectivity index (χ1n) is 11.4. The van der Waals surface area contributed by atoms with Crippen molar-refractivity contribution < 1.29 is 14.1 Å². The molecule has 1 aromatic heterocycles. The Balaban J connectivity index is 1.87. The van der Waals surface area contributed by atoms with Crippen molar-refractivity contribution in [1.82, 2.24) is 14.6 Å². The van der Waals surface area contributed by atoms with Crippen LogP contribution in [0.25, 0.3) is 0 Å². The summed E-state index contributed by atoms with van der Waals surface area (Å²) in [5, 5.41) is 0.748. The Kier molecular flexibility index (Phi) is 9.34. The lowest BCUT2D eigenvalue weighted by molar-refractivity contribution is 0.0673. The molecule has 2 N–H and O–H groups in total. The largest absolute Gasteiger partial charge is 0.598 e. The lowest BCUT2D eigenvalue weighted by Crippen LogP contribution is -2.46. The highest BCUT2D eigenvalue weighted by atomic mass is 35.5. The number of ether oxygens (including phenoxy) is 1. The third-order valence-electron chi connectivity index (χ3n) is 5.86. The van der Waals surface area contributed by atoms with Crippen molar-refractivity contribution in [2.24, 2.45) is 5.92 Å². The zero-order valence-corrected chi connectivity index (χ0v) is 22.4. The molecular formula is C25H31Cl2N3O4S. The molecule has 2 aromatic rings. The van der Waals surface area contributed by atoms with E-state index in [2.05, 4.69) is 16.3 Å². The van der Waals surface area contributed by atoms with Gasteiger partial charge in [-0.2, -0.15) is 0 Å². The molecule has 2 heterocycles. The molecule has 1 saturated heterocycles. The molecule has 7 nitrogen and oxygen atoms in total. The van der Waals surface area contributed by atoms with Crippen LogP contribution in [0.1, 0.15) is 55.6 Å². The molecule has 2 unspecified atom stereocenters.